The second kappa shape index (κ2) is 10.3. The summed E-state index contributed by atoms with van der Waals surface area (Å²) in [6.07, 6.45) is 2.48. The highest BCUT2D eigenvalue weighted by atomic mass is 35.5. The molecule has 0 aliphatic rings. The molecule has 0 aromatic heterocycles. The van der Waals surface area contributed by atoms with Crippen LogP contribution in [0.15, 0.2) is 78.4 Å². The molecule has 0 saturated heterocycles. The third-order valence-corrected chi connectivity index (χ3v) is 4.90. The Hall–Kier alpha value is -3.55. The average Bonchev–Trinajstić information content (AvgIpc) is 2.78. The first-order valence-corrected chi connectivity index (χ1v) is 9.95. The summed E-state index contributed by atoms with van der Waals surface area (Å²) in [6, 6.07) is 24.2. The minimum Gasteiger partial charge on any atom is -0.489 e. The van der Waals surface area contributed by atoms with Crippen LogP contribution in [-0.2, 0) is 17.8 Å². The van der Waals surface area contributed by atoms with Crippen LogP contribution in [0, 0.1) is 11.3 Å². The lowest BCUT2D eigenvalue weighted by atomic mass is 10.1. The number of amides is 1. The van der Waals surface area contributed by atoms with E-state index in [4.69, 9.17) is 16.3 Å². The molecule has 3 aromatic carbocycles. The van der Waals surface area contributed by atoms with Crippen LogP contribution in [0.1, 0.15) is 23.6 Å². The molecule has 0 bridgehead atoms. The Kier molecular flexibility index (Phi) is 7.26. The molecular weight excluding hydrogens is 396 g/mol. The van der Waals surface area contributed by atoms with E-state index < -0.39 is 5.91 Å². The van der Waals surface area contributed by atoms with Crippen molar-refractivity contribution >= 4 is 29.3 Å². The zero-order valence-corrected chi connectivity index (χ0v) is 17.3. The molecule has 0 aliphatic carbocycles. The van der Waals surface area contributed by atoms with Crippen molar-refractivity contribution < 1.29 is 9.53 Å². The Labute approximate surface area is 181 Å². The molecule has 0 unspecified atom stereocenters. The van der Waals surface area contributed by atoms with Crippen LogP contribution in [0.2, 0.25) is 5.02 Å². The number of halogens is 1. The summed E-state index contributed by atoms with van der Waals surface area (Å²) in [7, 11) is 0. The lowest BCUT2D eigenvalue weighted by Gasteiger charge is -2.08. The fourth-order valence-electron chi connectivity index (χ4n) is 2.77. The molecule has 1 amide bonds. The van der Waals surface area contributed by atoms with Crippen molar-refractivity contribution in [3.63, 3.8) is 0 Å². The largest absolute Gasteiger partial charge is 0.489 e. The van der Waals surface area contributed by atoms with Gasteiger partial charge >= 0.3 is 0 Å². The van der Waals surface area contributed by atoms with Crippen LogP contribution in [0.5, 0.6) is 5.75 Å². The summed E-state index contributed by atoms with van der Waals surface area (Å²) in [5, 5.41) is 12.8. The number of aryl methyl sites for hydroxylation is 1. The molecule has 4 nitrogen and oxygen atoms in total. The van der Waals surface area contributed by atoms with Crippen molar-refractivity contribution in [1.82, 2.24) is 0 Å². The summed E-state index contributed by atoms with van der Waals surface area (Å²) < 4.78 is 5.76. The number of hydrogen-bond acceptors (Lipinski definition) is 3. The van der Waals surface area contributed by atoms with E-state index in [1.165, 1.54) is 5.56 Å². The number of hydrogen-bond donors (Lipinski definition) is 1. The quantitative estimate of drug-likeness (QED) is 0.378. The van der Waals surface area contributed by atoms with Gasteiger partial charge in [-0.25, -0.2) is 0 Å². The first-order valence-electron chi connectivity index (χ1n) is 9.57. The standard InChI is InChI=1S/C25H21ClN2O2/c1-2-18-7-11-22(12-8-18)28-25(29)21(16-27)15-19-9-13-23(14-10-19)30-17-20-5-3-4-6-24(20)26/h3-15H,2,17H2,1H3,(H,28,29)/b21-15+. The zero-order chi connectivity index (χ0) is 21.3. The Balaban J connectivity index is 1.64. The van der Waals surface area contributed by atoms with Crippen LogP contribution >= 0.6 is 11.6 Å². The molecule has 5 heteroatoms. The summed E-state index contributed by atoms with van der Waals surface area (Å²) in [4.78, 5) is 12.4. The molecule has 0 aliphatic heterocycles. The second-order valence-electron chi connectivity index (χ2n) is 6.62. The molecule has 0 atom stereocenters. The van der Waals surface area contributed by atoms with Crippen molar-refractivity contribution in [3.8, 4) is 11.8 Å². The Morgan fingerprint density at radius 3 is 2.40 bits per heavy atom. The van der Waals surface area contributed by atoms with Crippen LogP contribution in [-0.4, -0.2) is 5.91 Å². The van der Waals surface area contributed by atoms with Crippen LogP contribution in [0.3, 0.4) is 0 Å². The van der Waals surface area contributed by atoms with Gasteiger partial charge < -0.3 is 10.1 Å². The number of benzene rings is 3. The predicted octanol–water partition coefficient (Wildman–Crippen LogP) is 6.03. The number of carbonyl (C=O) groups is 1. The van der Waals surface area contributed by atoms with E-state index >= 15 is 0 Å². The van der Waals surface area contributed by atoms with Gasteiger partial charge in [0.2, 0.25) is 0 Å². The van der Waals surface area contributed by atoms with Crippen molar-refractivity contribution in [2.24, 2.45) is 0 Å². The van der Waals surface area contributed by atoms with Gasteiger partial charge in [-0.15, -0.1) is 0 Å². The van der Waals surface area contributed by atoms with Gasteiger partial charge in [0.25, 0.3) is 5.91 Å². The third kappa shape index (κ3) is 5.73. The number of ether oxygens (including phenoxy) is 1. The molecule has 0 fully saturated rings. The molecule has 0 saturated carbocycles. The highest BCUT2D eigenvalue weighted by Crippen LogP contribution is 2.20. The van der Waals surface area contributed by atoms with Gasteiger partial charge in [0, 0.05) is 16.3 Å². The molecular formula is C25H21ClN2O2. The maximum atomic E-state index is 12.4. The fraction of sp³-hybridized carbons (Fsp3) is 0.120. The molecule has 0 radical (unpaired) electrons. The molecule has 1 N–H and O–H groups in total. The van der Waals surface area contributed by atoms with Crippen molar-refractivity contribution in [1.29, 1.82) is 5.26 Å². The monoisotopic (exact) mass is 416 g/mol. The highest BCUT2D eigenvalue weighted by Gasteiger charge is 2.10. The number of nitriles is 1. The minimum atomic E-state index is -0.444. The van der Waals surface area contributed by atoms with Gasteiger partial charge in [0.15, 0.2) is 0 Å². The number of carbonyl (C=O) groups excluding carboxylic acids is 1. The lowest BCUT2D eigenvalue weighted by Crippen LogP contribution is -2.13. The molecule has 30 heavy (non-hydrogen) atoms. The smallest absolute Gasteiger partial charge is 0.266 e. The van der Waals surface area contributed by atoms with Crippen molar-refractivity contribution in [2.75, 3.05) is 5.32 Å². The zero-order valence-electron chi connectivity index (χ0n) is 16.6. The molecule has 3 rings (SSSR count). The van der Waals surface area contributed by atoms with E-state index in [-0.39, 0.29) is 5.57 Å². The van der Waals surface area contributed by atoms with Crippen molar-refractivity contribution in [3.05, 3.63) is 100 Å². The van der Waals surface area contributed by atoms with E-state index in [0.29, 0.717) is 23.1 Å². The fourth-order valence-corrected chi connectivity index (χ4v) is 2.96. The summed E-state index contributed by atoms with van der Waals surface area (Å²) >= 11 is 6.14. The summed E-state index contributed by atoms with van der Waals surface area (Å²) in [5.74, 6) is 0.229. The number of anilines is 1. The summed E-state index contributed by atoms with van der Waals surface area (Å²) in [5.41, 5.74) is 3.49. The Morgan fingerprint density at radius 1 is 1.07 bits per heavy atom. The van der Waals surface area contributed by atoms with Gasteiger partial charge in [-0.05, 0) is 54.0 Å². The molecule has 0 spiro atoms. The van der Waals surface area contributed by atoms with E-state index in [1.54, 1.807) is 30.3 Å². The Bertz CT molecular complexity index is 1080. The minimum absolute atomic E-state index is 0.0271. The van der Waals surface area contributed by atoms with Crippen LogP contribution in [0.25, 0.3) is 6.08 Å². The van der Waals surface area contributed by atoms with Gasteiger partial charge in [-0.2, -0.15) is 5.26 Å². The second-order valence-corrected chi connectivity index (χ2v) is 7.03. The number of nitrogens with one attached hydrogen (secondary N) is 1. The van der Waals surface area contributed by atoms with Crippen LogP contribution < -0.4 is 10.1 Å². The predicted molar refractivity (Wildman–Crippen MR) is 120 cm³/mol. The van der Waals surface area contributed by atoms with E-state index in [2.05, 4.69) is 12.2 Å². The highest BCUT2D eigenvalue weighted by molar-refractivity contribution is 6.31. The molecule has 3 aromatic rings. The first kappa shape index (κ1) is 21.2. The number of rotatable bonds is 7. The topological polar surface area (TPSA) is 62.1 Å². The first-order chi connectivity index (χ1) is 14.6. The lowest BCUT2D eigenvalue weighted by molar-refractivity contribution is -0.112. The SMILES string of the molecule is CCc1ccc(NC(=O)/C(C#N)=C/c2ccc(OCc3ccccc3Cl)cc2)cc1. The number of nitrogens with zero attached hydrogens (tertiary/aromatic N) is 1. The molecule has 150 valence electrons. The van der Waals surface area contributed by atoms with E-state index in [0.717, 1.165) is 17.5 Å². The van der Waals surface area contributed by atoms with Gasteiger partial charge in [0.1, 0.15) is 24.0 Å². The van der Waals surface area contributed by atoms with E-state index in [9.17, 15) is 10.1 Å². The van der Waals surface area contributed by atoms with E-state index in [1.807, 2.05) is 54.6 Å². The van der Waals surface area contributed by atoms with Gasteiger partial charge in [0.05, 0.1) is 0 Å². The van der Waals surface area contributed by atoms with Gasteiger partial charge in [-0.1, -0.05) is 61.0 Å². The maximum Gasteiger partial charge on any atom is 0.266 e. The van der Waals surface area contributed by atoms with Gasteiger partial charge in [-0.3, -0.25) is 4.79 Å². The summed E-state index contributed by atoms with van der Waals surface area (Å²) in [6.45, 7) is 2.43. The normalized spacial score (nSPS) is 10.9. The maximum absolute atomic E-state index is 12.4. The third-order valence-electron chi connectivity index (χ3n) is 4.53. The molecule has 0 heterocycles. The van der Waals surface area contributed by atoms with Crippen LogP contribution in [0.4, 0.5) is 5.69 Å². The average molecular weight is 417 g/mol. The van der Waals surface area contributed by atoms with Crippen molar-refractivity contribution in [2.45, 2.75) is 20.0 Å². The Morgan fingerprint density at radius 2 is 1.77 bits per heavy atom.